The number of carbonyl (C=O) groups excluding carboxylic acids is 2. The quantitative estimate of drug-likeness (QED) is 0.605. The van der Waals surface area contributed by atoms with E-state index in [1.807, 2.05) is 55.5 Å². The van der Waals surface area contributed by atoms with Gasteiger partial charge in [0.2, 0.25) is 5.91 Å². The summed E-state index contributed by atoms with van der Waals surface area (Å²) in [5.41, 5.74) is 3.41. The highest BCUT2D eigenvalue weighted by molar-refractivity contribution is 5.88. The van der Waals surface area contributed by atoms with Crippen LogP contribution in [-0.2, 0) is 21.5 Å². The van der Waals surface area contributed by atoms with Crippen molar-refractivity contribution in [1.82, 2.24) is 10.2 Å². The van der Waals surface area contributed by atoms with Crippen molar-refractivity contribution in [3.05, 3.63) is 65.2 Å². The minimum atomic E-state index is -0.578. The first-order valence-electron chi connectivity index (χ1n) is 12.0. The van der Waals surface area contributed by atoms with Crippen LogP contribution in [0.4, 0.5) is 0 Å². The van der Waals surface area contributed by atoms with Crippen molar-refractivity contribution in [3.63, 3.8) is 0 Å². The van der Waals surface area contributed by atoms with Gasteiger partial charge in [0, 0.05) is 12.6 Å². The van der Waals surface area contributed by atoms with Crippen molar-refractivity contribution >= 4 is 11.8 Å². The van der Waals surface area contributed by atoms with Crippen LogP contribution in [0.15, 0.2) is 48.5 Å². The molecule has 1 N–H and O–H groups in total. The second-order valence-electron chi connectivity index (χ2n) is 10.2. The summed E-state index contributed by atoms with van der Waals surface area (Å²) in [7, 11) is 0. The number of benzene rings is 2. The fourth-order valence-corrected chi connectivity index (χ4v) is 4.14. The zero-order chi connectivity index (χ0) is 24.0. The van der Waals surface area contributed by atoms with Crippen molar-refractivity contribution in [1.29, 1.82) is 0 Å². The fourth-order valence-electron chi connectivity index (χ4n) is 4.14. The Kier molecular flexibility index (Phi) is 8.17. The largest absolute Gasteiger partial charge is 0.484 e. The molecule has 5 heteroatoms. The first-order valence-corrected chi connectivity index (χ1v) is 12.0. The molecule has 5 nitrogen and oxygen atoms in total. The van der Waals surface area contributed by atoms with E-state index in [1.165, 1.54) is 5.56 Å². The monoisotopic (exact) mass is 450 g/mol. The minimum absolute atomic E-state index is 0.0568. The molecule has 0 aliphatic heterocycles. The average molecular weight is 451 g/mol. The molecule has 2 aromatic rings. The molecule has 1 aliphatic carbocycles. The maximum absolute atomic E-state index is 13.2. The van der Waals surface area contributed by atoms with Gasteiger partial charge >= 0.3 is 0 Å². The topological polar surface area (TPSA) is 58.6 Å². The number of aryl methyl sites for hydroxylation is 1. The predicted molar refractivity (Wildman–Crippen MR) is 132 cm³/mol. The number of carbonyl (C=O) groups is 2. The summed E-state index contributed by atoms with van der Waals surface area (Å²) in [6, 6.07) is 15.5. The Hall–Kier alpha value is -2.82. The summed E-state index contributed by atoms with van der Waals surface area (Å²) in [4.78, 5) is 27.8. The SMILES string of the molecule is Cc1ccc(CN(C(=O)COc2ccc(C(C)(C)C)cc2)[C@@H](C)C(=O)NC2CCCC2)cc1. The van der Waals surface area contributed by atoms with E-state index in [0.29, 0.717) is 12.3 Å². The molecule has 0 heterocycles. The Bertz CT molecular complexity index is 923. The molecule has 2 amide bonds. The lowest BCUT2D eigenvalue weighted by Gasteiger charge is -2.29. The third kappa shape index (κ3) is 7.08. The van der Waals surface area contributed by atoms with Crippen LogP contribution in [-0.4, -0.2) is 35.4 Å². The Morgan fingerprint density at radius 3 is 2.21 bits per heavy atom. The summed E-state index contributed by atoms with van der Waals surface area (Å²) in [5.74, 6) is 0.344. The molecular weight excluding hydrogens is 412 g/mol. The average Bonchev–Trinajstić information content (AvgIpc) is 3.29. The van der Waals surface area contributed by atoms with Crippen molar-refractivity contribution in [2.45, 2.75) is 84.3 Å². The van der Waals surface area contributed by atoms with Gasteiger partial charge in [-0.25, -0.2) is 0 Å². The van der Waals surface area contributed by atoms with Crippen molar-refractivity contribution in [3.8, 4) is 5.75 Å². The third-order valence-electron chi connectivity index (χ3n) is 6.43. The van der Waals surface area contributed by atoms with Crippen LogP contribution in [0.3, 0.4) is 0 Å². The highest BCUT2D eigenvalue weighted by Gasteiger charge is 2.28. The molecule has 0 aromatic heterocycles. The standard InChI is InChI=1S/C28H38N2O3/c1-20-10-12-22(13-11-20)18-30(21(2)27(32)29-24-8-6-7-9-24)26(31)19-33-25-16-14-23(15-17-25)28(3,4)5/h10-17,21,24H,6-9,18-19H2,1-5H3,(H,29,32)/t21-/m0/s1. The molecule has 1 fully saturated rings. The summed E-state index contributed by atoms with van der Waals surface area (Å²) in [6.07, 6.45) is 4.32. The Morgan fingerprint density at radius 1 is 1.03 bits per heavy atom. The second-order valence-corrected chi connectivity index (χ2v) is 10.2. The Labute approximate surface area is 198 Å². The predicted octanol–water partition coefficient (Wildman–Crippen LogP) is 5.15. The number of rotatable bonds is 8. The minimum Gasteiger partial charge on any atom is -0.484 e. The molecule has 0 radical (unpaired) electrons. The van der Waals surface area contributed by atoms with Crippen LogP contribution >= 0.6 is 0 Å². The molecule has 1 saturated carbocycles. The van der Waals surface area contributed by atoms with Gasteiger partial charge in [0.25, 0.3) is 5.91 Å². The number of nitrogens with one attached hydrogen (secondary N) is 1. The van der Waals surface area contributed by atoms with Crippen LogP contribution in [0.2, 0.25) is 0 Å². The lowest BCUT2D eigenvalue weighted by atomic mass is 9.87. The van der Waals surface area contributed by atoms with E-state index in [0.717, 1.165) is 36.8 Å². The first kappa shape index (κ1) is 24.8. The molecule has 0 saturated heterocycles. The van der Waals surface area contributed by atoms with Crippen LogP contribution in [0, 0.1) is 6.92 Å². The van der Waals surface area contributed by atoms with Gasteiger partial charge in [-0.05, 0) is 55.4 Å². The molecule has 0 bridgehead atoms. The normalized spacial score (nSPS) is 15.2. The van der Waals surface area contributed by atoms with Gasteiger partial charge in [-0.15, -0.1) is 0 Å². The number of hydrogen-bond acceptors (Lipinski definition) is 3. The lowest BCUT2D eigenvalue weighted by molar-refractivity contribution is -0.142. The Balaban J connectivity index is 1.69. The highest BCUT2D eigenvalue weighted by atomic mass is 16.5. The maximum atomic E-state index is 13.2. The molecule has 1 atom stereocenters. The van der Waals surface area contributed by atoms with Crippen molar-refractivity contribution in [2.24, 2.45) is 0 Å². The van der Waals surface area contributed by atoms with E-state index in [2.05, 4.69) is 26.1 Å². The number of hydrogen-bond donors (Lipinski definition) is 1. The second kappa shape index (κ2) is 10.9. The van der Waals surface area contributed by atoms with Crippen LogP contribution in [0.5, 0.6) is 5.75 Å². The van der Waals surface area contributed by atoms with Gasteiger partial charge in [0.1, 0.15) is 11.8 Å². The van der Waals surface area contributed by atoms with E-state index in [4.69, 9.17) is 4.74 Å². The van der Waals surface area contributed by atoms with Gasteiger partial charge < -0.3 is 15.0 Å². The van der Waals surface area contributed by atoms with Gasteiger partial charge in [0.15, 0.2) is 6.61 Å². The molecule has 0 spiro atoms. The molecule has 1 aliphatic rings. The summed E-state index contributed by atoms with van der Waals surface area (Å²) in [6.45, 7) is 10.6. The van der Waals surface area contributed by atoms with Gasteiger partial charge in [0.05, 0.1) is 0 Å². The Morgan fingerprint density at radius 2 is 1.64 bits per heavy atom. The lowest BCUT2D eigenvalue weighted by Crippen LogP contribution is -2.50. The molecule has 178 valence electrons. The zero-order valence-corrected chi connectivity index (χ0v) is 20.7. The highest BCUT2D eigenvalue weighted by Crippen LogP contribution is 2.24. The maximum Gasteiger partial charge on any atom is 0.261 e. The van der Waals surface area contributed by atoms with Gasteiger partial charge in [-0.1, -0.05) is 75.6 Å². The van der Waals surface area contributed by atoms with E-state index in [9.17, 15) is 9.59 Å². The molecule has 3 rings (SSSR count). The zero-order valence-electron chi connectivity index (χ0n) is 20.7. The molecule has 0 unspecified atom stereocenters. The smallest absolute Gasteiger partial charge is 0.261 e. The summed E-state index contributed by atoms with van der Waals surface area (Å²) in [5, 5.41) is 3.13. The van der Waals surface area contributed by atoms with Crippen molar-refractivity contribution < 1.29 is 14.3 Å². The van der Waals surface area contributed by atoms with Crippen molar-refractivity contribution in [2.75, 3.05) is 6.61 Å². The van der Waals surface area contributed by atoms with Crippen LogP contribution < -0.4 is 10.1 Å². The number of ether oxygens (including phenoxy) is 1. The fraction of sp³-hybridized carbons (Fsp3) is 0.500. The van der Waals surface area contributed by atoms with Crippen LogP contribution in [0.25, 0.3) is 0 Å². The first-order chi connectivity index (χ1) is 15.6. The molecule has 2 aromatic carbocycles. The van der Waals surface area contributed by atoms with E-state index in [-0.39, 0.29) is 29.9 Å². The molecule has 33 heavy (non-hydrogen) atoms. The van der Waals surface area contributed by atoms with E-state index >= 15 is 0 Å². The van der Waals surface area contributed by atoms with Gasteiger partial charge in [-0.2, -0.15) is 0 Å². The van der Waals surface area contributed by atoms with E-state index < -0.39 is 6.04 Å². The summed E-state index contributed by atoms with van der Waals surface area (Å²) >= 11 is 0. The van der Waals surface area contributed by atoms with Gasteiger partial charge in [-0.3, -0.25) is 9.59 Å². The number of amides is 2. The summed E-state index contributed by atoms with van der Waals surface area (Å²) < 4.78 is 5.81. The molecular formula is C28H38N2O3. The van der Waals surface area contributed by atoms with E-state index in [1.54, 1.807) is 11.8 Å². The number of nitrogens with zero attached hydrogens (tertiary/aromatic N) is 1. The third-order valence-corrected chi connectivity index (χ3v) is 6.43. The van der Waals surface area contributed by atoms with Crippen LogP contribution in [0.1, 0.15) is 70.1 Å².